The van der Waals surface area contributed by atoms with Crippen molar-refractivity contribution in [1.29, 1.82) is 0 Å². The van der Waals surface area contributed by atoms with Gasteiger partial charge in [-0.25, -0.2) is 0 Å². The Hall–Kier alpha value is -1.51. The molecule has 3 heteroatoms. The number of hydrogen-bond donors (Lipinski definition) is 0. The van der Waals surface area contributed by atoms with E-state index in [4.69, 9.17) is 9.47 Å². The van der Waals surface area contributed by atoms with E-state index < -0.39 is 0 Å². The predicted molar refractivity (Wildman–Crippen MR) is 58.2 cm³/mol. The summed E-state index contributed by atoms with van der Waals surface area (Å²) < 4.78 is 10.2. The molecule has 0 saturated heterocycles. The maximum absolute atomic E-state index is 11.3. The minimum atomic E-state index is -0.190. The van der Waals surface area contributed by atoms with Gasteiger partial charge in [0.05, 0.1) is 7.11 Å². The summed E-state index contributed by atoms with van der Waals surface area (Å²) >= 11 is 0. The molecular formula is C12H16O3. The van der Waals surface area contributed by atoms with Gasteiger partial charge in [-0.3, -0.25) is 4.79 Å². The lowest BCUT2D eigenvalue weighted by Crippen LogP contribution is -2.07. The third kappa shape index (κ3) is 4.02. The quantitative estimate of drug-likeness (QED) is 0.551. The first kappa shape index (κ1) is 11.6. The molecule has 1 aromatic carbocycles. The van der Waals surface area contributed by atoms with Crippen LogP contribution in [0.15, 0.2) is 24.3 Å². The molecule has 3 nitrogen and oxygen atoms in total. The lowest BCUT2D eigenvalue weighted by Gasteiger charge is -2.05. The Bertz CT molecular complexity index is 320. The molecule has 0 fully saturated rings. The molecule has 82 valence electrons. The van der Waals surface area contributed by atoms with Crippen molar-refractivity contribution in [3.63, 3.8) is 0 Å². The zero-order valence-electron chi connectivity index (χ0n) is 9.16. The van der Waals surface area contributed by atoms with Gasteiger partial charge in [0, 0.05) is 12.5 Å². The number of hydrogen-bond acceptors (Lipinski definition) is 3. The highest BCUT2D eigenvalue weighted by Gasteiger charge is 2.04. The van der Waals surface area contributed by atoms with E-state index in [1.807, 2.05) is 13.0 Å². The molecule has 0 radical (unpaired) electrons. The SMILES string of the molecule is CCCCC(=O)Oc1cccc(OC)c1. The second-order valence-corrected chi connectivity index (χ2v) is 3.26. The van der Waals surface area contributed by atoms with Crippen molar-refractivity contribution in [2.45, 2.75) is 26.2 Å². The van der Waals surface area contributed by atoms with Crippen LogP contribution in [0.25, 0.3) is 0 Å². The third-order valence-electron chi connectivity index (χ3n) is 2.01. The van der Waals surface area contributed by atoms with E-state index in [1.165, 1.54) is 0 Å². The summed E-state index contributed by atoms with van der Waals surface area (Å²) in [6.07, 6.45) is 2.32. The number of unbranched alkanes of at least 4 members (excludes halogenated alkanes) is 1. The molecule has 1 aromatic rings. The van der Waals surface area contributed by atoms with Gasteiger partial charge in [0.2, 0.25) is 0 Å². The number of carbonyl (C=O) groups is 1. The first-order valence-electron chi connectivity index (χ1n) is 5.11. The number of rotatable bonds is 5. The van der Waals surface area contributed by atoms with Crippen molar-refractivity contribution < 1.29 is 14.3 Å². The van der Waals surface area contributed by atoms with Crippen LogP contribution < -0.4 is 9.47 Å². The van der Waals surface area contributed by atoms with Crippen molar-refractivity contribution in [2.75, 3.05) is 7.11 Å². The number of methoxy groups -OCH3 is 1. The standard InChI is InChI=1S/C12H16O3/c1-3-4-8-12(13)15-11-7-5-6-10(9-11)14-2/h5-7,9H,3-4,8H2,1-2H3. The van der Waals surface area contributed by atoms with Crippen molar-refractivity contribution >= 4 is 5.97 Å². The van der Waals surface area contributed by atoms with Crippen LogP contribution in [0.5, 0.6) is 11.5 Å². The van der Waals surface area contributed by atoms with E-state index in [0.717, 1.165) is 12.8 Å². The largest absolute Gasteiger partial charge is 0.497 e. The lowest BCUT2D eigenvalue weighted by molar-refractivity contribution is -0.134. The van der Waals surface area contributed by atoms with E-state index in [1.54, 1.807) is 25.3 Å². The van der Waals surface area contributed by atoms with Crippen LogP contribution in [0.1, 0.15) is 26.2 Å². The average Bonchev–Trinajstić information content (AvgIpc) is 2.26. The summed E-state index contributed by atoms with van der Waals surface area (Å²) in [6.45, 7) is 2.04. The number of carbonyl (C=O) groups excluding carboxylic acids is 1. The fourth-order valence-electron chi connectivity index (χ4n) is 1.17. The molecule has 0 bridgehead atoms. The zero-order valence-corrected chi connectivity index (χ0v) is 9.16. The highest BCUT2D eigenvalue weighted by atomic mass is 16.5. The van der Waals surface area contributed by atoms with Crippen LogP contribution in [-0.4, -0.2) is 13.1 Å². The predicted octanol–water partition coefficient (Wildman–Crippen LogP) is 2.79. The van der Waals surface area contributed by atoms with Crippen molar-refractivity contribution in [1.82, 2.24) is 0 Å². The lowest BCUT2D eigenvalue weighted by atomic mass is 10.2. The minimum Gasteiger partial charge on any atom is -0.497 e. The zero-order chi connectivity index (χ0) is 11.1. The first-order valence-corrected chi connectivity index (χ1v) is 5.11. The third-order valence-corrected chi connectivity index (χ3v) is 2.01. The van der Waals surface area contributed by atoms with Crippen LogP contribution in [0.2, 0.25) is 0 Å². The van der Waals surface area contributed by atoms with Crippen molar-refractivity contribution in [2.24, 2.45) is 0 Å². The van der Waals surface area contributed by atoms with Crippen molar-refractivity contribution in [3.05, 3.63) is 24.3 Å². The van der Waals surface area contributed by atoms with Gasteiger partial charge >= 0.3 is 5.97 Å². The molecule has 0 saturated carbocycles. The van der Waals surface area contributed by atoms with Gasteiger partial charge in [-0.05, 0) is 18.6 Å². The Labute approximate surface area is 90.0 Å². The van der Waals surface area contributed by atoms with E-state index in [0.29, 0.717) is 17.9 Å². The molecule has 1 rings (SSSR count). The van der Waals surface area contributed by atoms with E-state index in [2.05, 4.69) is 0 Å². The number of esters is 1. The van der Waals surface area contributed by atoms with E-state index in [9.17, 15) is 4.79 Å². The molecule has 0 aromatic heterocycles. The fraction of sp³-hybridized carbons (Fsp3) is 0.417. The van der Waals surface area contributed by atoms with Crippen LogP contribution in [0, 0.1) is 0 Å². The fourth-order valence-corrected chi connectivity index (χ4v) is 1.17. The molecule has 0 amide bonds. The topological polar surface area (TPSA) is 35.5 Å². The highest BCUT2D eigenvalue weighted by Crippen LogP contribution is 2.19. The molecule has 0 unspecified atom stereocenters. The summed E-state index contributed by atoms with van der Waals surface area (Å²) in [5.41, 5.74) is 0. The highest BCUT2D eigenvalue weighted by molar-refractivity contribution is 5.72. The monoisotopic (exact) mass is 208 g/mol. The first-order chi connectivity index (χ1) is 7.26. The molecular weight excluding hydrogens is 192 g/mol. The maximum Gasteiger partial charge on any atom is 0.311 e. The minimum absolute atomic E-state index is 0.190. The summed E-state index contributed by atoms with van der Waals surface area (Å²) in [4.78, 5) is 11.3. The van der Waals surface area contributed by atoms with E-state index in [-0.39, 0.29) is 5.97 Å². The van der Waals surface area contributed by atoms with Gasteiger partial charge in [0.25, 0.3) is 0 Å². The molecule has 0 heterocycles. The van der Waals surface area contributed by atoms with Crippen molar-refractivity contribution in [3.8, 4) is 11.5 Å². The van der Waals surface area contributed by atoms with Gasteiger partial charge in [-0.2, -0.15) is 0 Å². The number of benzene rings is 1. The molecule has 0 aliphatic rings. The smallest absolute Gasteiger partial charge is 0.311 e. The van der Waals surface area contributed by atoms with Crippen LogP contribution >= 0.6 is 0 Å². The summed E-state index contributed by atoms with van der Waals surface area (Å²) in [7, 11) is 1.58. The van der Waals surface area contributed by atoms with Gasteiger partial charge < -0.3 is 9.47 Å². The van der Waals surface area contributed by atoms with Gasteiger partial charge in [-0.15, -0.1) is 0 Å². The molecule has 0 aliphatic carbocycles. The molecule has 0 atom stereocenters. The van der Waals surface area contributed by atoms with E-state index >= 15 is 0 Å². The van der Waals surface area contributed by atoms with Crippen LogP contribution in [-0.2, 0) is 4.79 Å². The Kier molecular flexibility index (Phi) is 4.68. The molecule has 0 spiro atoms. The Balaban J connectivity index is 2.52. The second kappa shape index (κ2) is 6.06. The average molecular weight is 208 g/mol. The molecule has 0 N–H and O–H groups in total. The van der Waals surface area contributed by atoms with Gasteiger partial charge in [0.15, 0.2) is 0 Å². The van der Waals surface area contributed by atoms with Crippen LogP contribution in [0.4, 0.5) is 0 Å². The summed E-state index contributed by atoms with van der Waals surface area (Å²) in [6, 6.07) is 7.04. The number of ether oxygens (including phenoxy) is 2. The van der Waals surface area contributed by atoms with Gasteiger partial charge in [-0.1, -0.05) is 19.4 Å². The van der Waals surface area contributed by atoms with Crippen LogP contribution in [0.3, 0.4) is 0 Å². The Morgan fingerprint density at radius 3 is 2.73 bits per heavy atom. The molecule has 0 aliphatic heterocycles. The Morgan fingerprint density at radius 1 is 1.33 bits per heavy atom. The van der Waals surface area contributed by atoms with Gasteiger partial charge in [0.1, 0.15) is 11.5 Å². The molecule has 15 heavy (non-hydrogen) atoms. The summed E-state index contributed by atoms with van der Waals surface area (Å²) in [5.74, 6) is 1.04. The Morgan fingerprint density at radius 2 is 2.07 bits per heavy atom. The summed E-state index contributed by atoms with van der Waals surface area (Å²) in [5, 5.41) is 0. The maximum atomic E-state index is 11.3. The normalized spacial score (nSPS) is 9.73. The second-order valence-electron chi connectivity index (χ2n) is 3.26.